The molecule has 2 aliphatic rings. The first-order valence-electron chi connectivity index (χ1n) is 7.57. The van der Waals surface area contributed by atoms with Crippen molar-refractivity contribution in [2.45, 2.75) is 37.8 Å². The van der Waals surface area contributed by atoms with Crippen molar-refractivity contribution < 1.29 is 4.79 Å². The van der Waals surface area contributed by atoms with Gasteiger partial charge >= 0.3 is 0 Å². The summed E-state index contributed by atoms with van der Waals surface area (Å²) in [4.78, 5) is 14.8. The lowest BCUT2D eigenvalue weighted by Gasteiger charge is -2.36. The molecule has 4 nitrogen and oxygen atoms in total. The SMILES string of the molecule is CN(C1CCNCC1)C1CCc2ccccc2NC1=O. The standard InChI is InChI=1S/C16H23N3O/c1-19(13-8-10-17-11-9-13)15-7-6-12-4-2-3-5-14(12)18-16(15)20/h2-5,13,15,17H,6-11H2,1H3,(H,18,20). The van der Waals surface area contributed by atoms with Crippen molar-refractivity contribution in [1.82, 2.24) is 10.2 Å². The van der Waals surface area contributed by atoms with Gasteiger partial charge in [0.25, 0.3) is 0 Å². The van der Waals surface area contributed by atoms with Crippen LogP contribution in [0.3, 0.4) is 0 Å². The number of hydrogen-bond acceptors (Lipinski definition) is 3. The topological polar surface area (TPSA) is 44.4 Å². The van der Waals surface area contributed by atoms with E-state index in [2.05, 4.69) is 28.6 Å². The van der Waals surface area contributed by atoms with Crippen LogP contribution in [0.5, 0.6) is 0 Å². The molecule has 1 unspecified atom stereocenters. The summed E-state index contributed by atoms with van der Waals surface area (Å²) >= 11 is 0. The highest BCUT2D eigenvalue weighted by molar-refractivity contribution is 5.96. The number of piperidine rings is 1. The molecule has 20 heavy (non-hydrogen) atoms. The van der Waals surface area contributed by atoms with Crippen LogP contribution in [-0.2, 0) is 11.2 Å². The molecule has 1 aromatic carbocycles. The summed E-state index contributed by atoms with van der Waals surface area (Å²) < 4.78 is 0. The average molecular weight is 273 g/mol. The Balaban J connectivity index is 1.73. The number of amides is 1. The second-order valence-electron chi connectivity index (χ2n) is 5.85. The van der Waals surface area contributed by atoms with E-state index >= 15 is 0 Å². The van der Waals surface area contributed by atoms with Crippen LogP contribution in [0.4, 0.5) is 5.69 Å². The molecular formula is C16H23N3O. The summed E-state index contributed by atoms with van der Waals surface area (Å²) in [5.41, 5.74) is 2.24. The predicted molar refractivity (Wildman–Crippen MR) is 80.8 cm³/mol. The van der Waals surface area contributed by atoms with Gasteiger partial charge in [0, 0.05) is 11.7 Å². The Morgan fingerprint density at radius 2 is 1.90 bits per heavy atom. The summed E-state index contributed by atoms with van der Waals surface area (Å²) in [6.07, 6.45) is 4.14. The molecule has 1 fully saturated rings. The van der Waals surface area contributed by atoms with Gasteiger partial charge < -0.3 is 10.6 Å². The average Bonchev–Trinajstić information content (AvgIpc) is 2.66. The number of nitrogens with one attached hydrogen (secondary N) is 2. The number of likely N-dealkylation sites (N-methyl/N-ethyl adjacent to an activating group) is 1. The van der Waals surface area contributed by atoms with E-state index in [-0.39, 0.29) is 11.9 Å². The molecule has 1 aromatic rings. The molecule has 1 saturated heterocycles. The molecule has 0 radical (unpaired) electrons. The maximum atomic E-state index is 12.5. The Morgan fingerprint density at radius 1 is 1.15 bits per heavy atom. The molecule has 0 bridgehead atoms. The molecule has 0 saturated carbocycles. The van der Waals surface area contributed by atoms with Crippen LogP contribution in [0.25, 0.3) is 0 Å². The molecule has 2 N–H and O–H groups in total. The lowest BCUT2D eigenvalue weighted by molar-refractivity contribution is -0.122. The minimum Gasteiger partial charge on any atom is -0.324 e. The van der Waals surface area contributed by atoms with Gasteiger partial charge in [0.05, 0.1) is 6.04 Å². The highest BCUT2D eigenvalue weighted by Gasteiger charge is 2.31. The zero-order valence-corrected chi connectivity index (χ0v) is 12.1. The number of carbonyl (C=O) groups is 1. The van der Waals surface area contributed by atoms with E-state index in [9.17, 15) is 4.79 Å². The van der Waals surface area contributed by atoms with Crippen LogP contribution in [-0.4, -0.2) is 43.0 Å². The Kier molecular flexibility index (Phi) is 4.03. The largest absolute Gasteiger partial charge is 0.324 e. The third kappa shape index (κ3) is 2.72. The van der Waals surface area contributed by atoms with Crippen LogP contribution in [0.1, 0.15) is 24.8 Å². The van der Waals surface area contributed by atoms with Gasteiger partial charge in [0.2, 0.25) is 5.91 Å². The lowest BCUT2D eigenvalue weighted by atomic mass is 10.00. The van der Waals surface area contributed by atoms with E-state index in [1.54, 1.807) is 0 Å². The molecule has 1 atom stereocenters. The van der Waals surface area contributed by atoms with Gasteiger partial charge in [-0.2, -0.15) is 0 Å². The Hall–Kier alpha value is -1.39. The number of fused-ring (bicyclic) bond motifs is 1. The highest BCUT2D eigenvalue weighted by Crippen LogP contribution is 2.25. The van der Waals surface area contributed by atoms with E-state index in [1.807, 2.05) is 18.2 Å². The first kappa shape index (κ1) is 13.6. The maximum absolute atomic E-state index is 12.5. The Morgan fingerprint density at radius 3 is 2.70 bits per heavy atom. The van der Waals surface area contributed by atoms with Crippen LogP contribution in [0.2, 0.25) is 0 Å². The number of benzene rings is 1. The predicted octanol–water partition coefficient (Wildman–Crippen LogP) is 1.62. The molecule has 108 valence electrons. The van der Waals surface area contributed by atoms with Crippen molar-refractivity contribution in [1.29, 1.82) is 0 Å². The third-order valence-corrected chi connectivity index (χ3v) is 4.64. The normalized spacial score (nSPS) is 24.1. The second-order valence-corrected chi connectivity index (χ2v) is 5.85. The second kappa shape index (κ2) is 5.94. The van der Waals surface area contributed by atoms with Gasteiger partial charge in [0.1, 0.15) is 0 Å². The fourth-order valence-electron chi connectivity index (χ4n) is 3.36. The zero-order chi connectivity index (χ0) is 13.9. The van der Waals surface area contributed by atoms with Crippen molar-refractivity contribution in [2.24, 2.45) is 0 Å². The molecule has 0 aromatic heterocycles. The van der Waals surface area contributed by atoms with E-state index in [1.165, 1.54) is 5.56 Å². The minimum atomic E-state index is -0.00880. The van der Waals surface area contributed by atoms with Gasteiger partial charge in [-0.05, 0) is 57.5 Å². The van der Waals surface area contributed by atoms with Crippen molar-refractivity contribution >= 4 is 11.6 Å². The third-order valence-electron chi connectivity index (χ3n) is 4.64. The van der Waals surface area contributed by atoms with E-state index in [4.69, 9.17) is 0 Å². The zero-order valence-electron chi connectivity index (χ0n) is 12.1. The van der Waals surface area contributed by atoms with Gasteiger partial charge in [-0.1, -0.05) is 18.2 Å². The Bertz CT molecular complexity index is 482. The smallest absolute Gasteiger partial charge is 0.241 e. The molecule has 3 rings (SSSR count). The number of para-hydroxylation sites is 1. The molecule has 4 heteroatoms. The quantitative estimate of drug-likeness (QED) is 0.860. The molecule has 0 aliphatic carbocycles. The summed E-state index contributed by atoms with van der Waals surface area (Å²) in [6.45, 7) is 2.12. The van der Waals surface area contributed by atoms with E-state index < -0.39 is 0 Å². The van der Waals surface area contributed by atoms with Crippen molar-refractivity contribution in [3.05, 3.63) is 29.8 Å². The minimum absolute atomic E-state index is 0.00880. The lowest BCUT2D eigenvalue weighted by Crippen LogP contribution is -2.50. The summed E-state index contributed by atoms with van der Waals surface area (Å²) in [5, 5.41) is 6.48. The Labute approximate surface area is 120 Å². The summed E-state index contributed by atoms with van der Waals surface area (Å²) in [7, 11) is 2.11. The number of anilines is 1. The first-order valence-corrected chi connectivity index (χ1v) is 7.57. The van der Waals surface area contributed by atoms with Gasteiger partial charge in [0.15, 0.2) is 0 Å². The molecule has 1 amide bonds. The monoisotopic (exact) mass is 273 g/mol. The summed E-state index contributed by atoms with van der Waals surface area (Å²) in [5.74, 6) is 0.149. The number of nitrogens with zero attached hydrogens (tertiary/aromatic N) is 1. The number of aryl methyl sites for hydroxylation is 1. The van der Waals surface area contributed by atoms with Gasteiger partial charge in [-0.25, -0.2) is 0 Å². The van der Waals surface area contributed by atoms with Crippen LogP contribution < -0.4 is 10.6 Å². The van der Waals surface area contributed by atoms with E-state index in [0.717, 1.165) is 44.5 Å². The summed E-state index contributed by atoms with van der Waals surface area (Å²) in [6, 6.07) is 8.65. The maximum Gasteiger partial charge on any atom is 0.241 e. The number of hydrogen-bond donors (Lipinski definition) is 2. The molecule has 2 aliphatic heterocycles. The fourth-order valence-corrected chi connectivity index (χ4v) is 3.36. The van der Waals surface area contributed by atoms with Crippen LogP contribution >= 0.6 is 0 Å². The molecule has 2 heterocycles. The molecule has 0 spiro atoms. The molecular weight excluding hydrogens is 250 g/mol. The first-order chi connectivity index (χ1) is 9.75. The van der Waals surface area contributed by atoms with Crippen molar-refractivity contribution in [3.63, 3.8) is 0 Å². The van der Waals surface area contributed by atoms with Crippen LogP contribution in [0.15, 0.2) is 24.3 Å². The highest BCUT2D eigenvalue weighted by atomic mass is 16.2. The number of rotatable bonds is 2. The number of carbonyl (C=O) groups excluding carboxylic acids is 1. The van der Waals surface area contributed by atoms with E-state index in [0.29, 0.717) is 6.04 Å². The van der Waals surface area contributed by atoms with Gasteiger partial charge in [-0.15, -0.1) is 0 Å². The van der Waals surface area contributed by atoms with Crippen molar-refractivity contribution in [3.8, 4) is 0 Å². The fraction of sp³-hybridized carbons (Fsp3) is 0.562. The van der Waals surface area contributed by atoms with Gasteiger partial charge in [-0.3, -0.25) is 9.69 Å². The van der Waals surface area contributed by atoms with Crippen LogP contribution in [0, 0.1) is 0 Å². The van der Waals surface area contributed by atoms with Crippen molar-refractivity contribution in [2.75, 3.05) is 25.5 Å².